The molecule has 16 heavy (non-hydrogen) atoms. The molecule has 1 aromatic carbocycles. The molecule has 0 spiro atoms. The quantitative estimate of drug-likeness (QED) is 0.825. The van der Waals surface area contributed by atoms with Crippen LogP contribution in [0.15, 0.2) is 23.1 Å². The van der Waals surface area contributed by atoms with Crippen molar-refractivity contribution in [1.82, 2.24) is 0 Å². The van der Waals surface area contributed by atoms with E-state index < -0.39 is 37.7 Å². The molecular formula is C10H13F2NO2S. The van der Waals surface area contributed by atoms with Crippen LogP contribution >= 0.6 is 0 Å². The molecule has 2 N–H and O–H groups in total. The lowest BCUT2D eigenvalue weighted by atomic mass is 10.3. The van der Waals surface area contributed by atoms with E-state index in [1.807, 2.05) is 0 Å². The zero-order valence-electron chi connectivity index (χ0n) is 8.94. The summed E-state index contributed by atoms with van der Waals surface area (Å²) in [5.41, 5.74) is 5.46. The molecule has 90 valence electrons. The molecule has 1 aromatic rings. The minimum atomic E-state index is -3.85. The summed E-state index contributed by atoms with van der Waals surface area (Å²) < 4.78 is 49.7. The standard InChI is InChI=1S/C10H13F2NO2S/c1-6(13)7(2)16(14,15)10-4-3-8(11)5-9(10)12/h3-7H,13H2,1-2H3. The van der Waals surface area contributed by atoms with E-state index in [-0.39, 0.29) is 0 Å². The van der Waals surface area contributed by atoms with Gasteiger partial charge in [0.1, 0.15) is 16.5 Å². The molecule has 0 fully saturated rings. The van der Waals surface area contributed by atoms with Crippen LogP contribution in [0.4, 0.5) is 8.78 Å². The maximum atomic E-state index is 13.3. The van der Waals surface area contributed by atoms with Crippen molar-refractivity contribution in [3.05, 3.63) is 29.8 Å². The van der Waals surface area contributed by atoms with Crippen molar-refractivity contribution in [2.45, 2.75) is 30.0 Å². The maximum absolute atomic E-state index is 13.3. The number of benzene rings is 1. The second-order valence-electron chi connectivity index (χ2n) is 3.68. The van der Waals surface area contributed by atoms with Gasteiger partial charge in [0.05, 0.1) is 5.25 Å². The lowest BCUT2D eigenvalue weighted by Crippen LogP contribution is -2.36. The fraction of sp³-hybridized carbons (Fsp3) is 0.400. The zero-order valence-corrected chi connectivity index (χ0v) is 9.76. The minimum absolute atomic E-state index is 0.515. The van der Waals surface area contributed by atoms with Gasteiger partial charge in [-0.1, -0.05) is 0 Å². The van der Waals surface area contributed by atoms with Crippen LogP contribution in [0.3, 0.4) is 0 Å². The van der Waals surface area contributed by atoms with E-state index in [0.29, 0.717) is 6.07 Å². The van der Waals surface area contributed by atoms with E-state index >= 15 is 0 Å². The molecule has 0 saturated heterocycles. The molecular weight excluding hydrogens is 236 g/mol. The highest BCUT2D eigenvalue weighted by molar-refractivity contribution is 7.92. The first-order valence-corrected chi connectivity index (χ1v) is 6.26. The molecule has 2 unspecified atom stereocenters. The first-order chi connectivity index (χ1) is 7.26. The number of halogens is 2. The highest BCUT2D eigenvalue weighted by Gasteiger charge is 2.29. The smallest absolute Gasteiger partial charge is 0.185 e. The monoisotopic (exact) mass is 249 g/mol. The van der Waals surface area contributed by atoms with E-state index in [9.17, 15) is 17.2 Å². The second kappa shape index (κ2) is 4.47. The molecule has 6 heteroatoms. The molecule has 0 amide bonds. The summed E-state index contributed by atoms with van der Waals surface area (Å²) in [7, 11) is -3.85. The van der Waals surface area contributed by atoms with Crippen molar-refractivity contribution in [2.75, 3.05) is 0 Å². The third-order valence-corrected chi connectivity index (χ3v) is 4.78. The van der Waals surface area contributed by atoms with Crippen LogP contribution in [0.25, 0.3) is 0 Å². The second-order valence-corrected chi connectivity index (χ2v) is 5.96. The van der Waals surface area contributed by atoms with Crippen LogP contribution in [-0.4, -0.2) is 19.7 Å². The zero-order chi connectivity index (χ0) is 12.5. The SMILES string of the molecule is CC(N)C(C)S(=O)(=O)c1ccc(F)cc1F. The van der Waals surface area contributed by atoms with Crippen LogP contribution in [0.2, 0.25) is 0 Å². The Kier molecular flexibility index (Phi) is 3.64. The summed E-state index contributed by atoms with van der Waals surface area (Å²) in [6.07, 6.45) is 0. The molecule has 0 aromatic heterocycles. The first kappa shape index (κ1) is 13.1. The van der Waals surface area contributed by atoms with Crippen LogP contribution in [0, 0.1) is 11.6 Å². The predicted octanol–water partition coefficient (Wildman–Crippen LogP) is 1.47. The minimum Gasteiger partial charge on any atom is -0.327 e. The lowest BCUT2D eigenvalue weighted by molar-refractivity contribution is 0.538. The van der Waals surface area contributed by atoms with Gasteiger partial charge in [-0.05, 0) is 26.0 Å². The predicted molar refractivity (Wildman–Crippen MR) is 56.7 cm³/mol. The summed E-state index contributed by atoms with van der Waals surface area (Å²) in [6, 6.07) is 1.73. The number of hydrogen-bond donors (Lipinski definition) is 1. The van der Waals surface area contributed by atoms with Gasteiger partial charge in [0.15, 0.2) is 9.84 Å². The van der Waals surface area contributed by atoms with Crippen molar-refractivity contribution in [2.24, 2.45) is 5.73 Å². The highest BCUT2D eigenvalue weighted by atomic mass is 32.2. The maximum Gasteiger partial charge on any atom is 0.185 e. The normalized spacial score (nSPS) is 15.8. The molecule has 2 atom stereocenters. The van der Waals surface area contributed by atoms with E-state index in [1.54, 1.807) is 0 Å². The summed E-state index contributed by atoms with van der Waals surface area (Å²) in [5, 5.41) is -0.924. The van der Waals surface area contributed by atoms with Crippen LogP contribution in [0.5, 0.6) is 0 Å². The van der Waals surface area contributed by atoms with Gasteiger partial charge in [-0.15, -0.1) is 0 Å². The third-order valence-electron chi connectivity index (χ3n) is 2.43. The average molecular weight is 249 g/mol. The van der Waals surface area contributed by atoms with Crippen LogP contribution < -0.4 is 5.73 Å². The largest absolute Gasteiger partial charge is 0.327 e. The Bertz CT molecular complexity index is 486. The fourth-order valence-electron chi connectivity index (χ4n) is 1.19. The Morgan fingerprint density at radius 2 is 1.81 bits per heavy atom. The van der Waals surface area contributed by atoms with Gasteiger partial charge in [-0.2, -0.15) is 0 Å². The van der Waals surface area contributed by atoms with Crippen molar-refractivity contribution in [1.29, 1.82) is 0 Å². The Morgan fingerprint density at radius 1 is 1.25 bits per heavy atom. The number of sulfone groups is 1. The molecule has 0 aliphatic heterocycles. The Balaban J connectivity index is 3.28. The van der Waals surface area contributed by atoms with Gasteiger partial charge in [0, 0.05) is 12.1 Å². The van der Waals surface area contributed by atoms with Crippen LogP contribution in [-0.2, 0) is 9.84 Å². The number of hydrogen-bond acceptors (Lipinski definition) is 3. The van der Waals surface area contributed by atoms with Crippen LogP contribution in [0.1, 0.15) is 13.8 Å². The summed E-state index contributed by atoms with van der Waals surface area (Å²) in [5.74, 6) is -1.91. The van der Waals surface area contributed by atoms with Gasteiger partial charge < -0.3 is 5.73 Å². The molecule has 0 aliphatic carbocycles. The van der Waals surface area contributed by atoms with E-state index in [0.717, 1.165) is 12.1 Å². The Hall–Kier alpha value is -1.01. The van der Waals surface area contributed by atoms with Gasteiger partial charge in [0.25, 0.3) is 0 Å². The van der Waals surface area contributed by atoms with Crippen molar-refractivity contribution >= 4 is 9.84 Å². The van der Waals surface area contributed by atoms with E-state index in [1.165, 1.54) is 13.8 Å². The van der Waals surface area contributed by atoms with Gasteiger partial charge in [-0.25, -0.2) is 17.2 Å². The number of nitrogens with two attached hydrogens (primary N) is 1. The summed E-state index contributed by atoms with van der Waals surface area (Å²) in [6.45, 7) is 2.91. The third kappa shape index (κ3) is 2.38. The summed E-state index contributed by atoms with van der Waals surface area (Å²) in [4.78, 5) is -0.515. The van der Waals surface area contributed by atoms with Gasteiger partial charge in [0.2, 0.25) is 0 Å². The highest BCUT2D eigenvalue weighted by Crippen LogP contribution is 2.21. The molecule has 0 heterocycles. The average Bonchev–Trinajstić information content (AvgIpc) is 2.15. The molecule has 0 bridgehead atoms. The van der Waals surface area contributed by atoms with Crippen molar-refractivity contribution < 1.29 is 17.2 Å². The van der Waals surface area contributed by atoms with Crippen molar-refractivity contribution in [3.63, 3.8) is 0 Å². The topological polar surface area (TPSA) is 60.2 Å². The van der Waals surface area contributed by atoms with E-state index in [2.05, 4.69) is 0 Å². The lowest BCUT2D eigenvalue weighted by Gasteiger charge is -2.16. The fourth-order valence-corrected chi connectivity index (χ4v) is 2.74. The number of rotatable bonds is 3. The summed E-state index contributed by atoms with van der Waals surface area (Å²) >= 11 is 0. The molecule has 1 rings (SSSR count). The van der Waals surface area contributed by atoms with Gasteiger partial charge >= 0.3 is 0 Å². The van der Waals surface area contributed by atoms with Crippen molar-refractivity contribution in [3.8, 4) is 0 Å². The molecule has 3 nitrogen and oxygen atoms in total. The Labute approximate surface area is 93.2 Å². The first-order valence-electron chi connectivity index (χ1n) is 4.71. The molecule has 0 radical (unpaired) electrons. The van der Waals surface area contributed by atoms with Gasteiger partial charge in [-0.3, -0.25) is 0 Å². The molecule has 0 aliphatic rings. The van der Waals surface area contributed by atoms with E-state index in [4.69, 9.17) is 5.73 Å². The molecule has 0 saturated carbocycles. The Morgan fingerprint density at radius 3 is 2.25 bits per heavy atom.